The number of barbiturate groups is 1. The number of carbonyl (C=O) groups excluding carboxylic acids is 6. The van der Waals surface area contributed by atoms with E-state index in [9.17, 15) is 28.8 Å². The lowest BCUT2D eigenvalue weighted by Crippen LogP contribution is -2.59. The third-order valence-corrected chi connectivity index (χ3v) is 5.36. The van der Waals surface area contributed by atoms with Crippen molar-refractivity contribution < 1.29 is 43.0 Å². The first-order valence-electron chi connectivity index (χ1n) is 11.4. The molecule has 2 rings (SSSR count). The van der Waals surface area contributed by atoms with Gasteiger partial charge in [0.15, 0.2) is 0 Å². The minimum atomic E-state index is -1.06. The summed E-state index contributed by atoms with van der Waals surface area (Å²) in [5, 5.41) is 2.14. The largest absolute Gasteiger partial charge is 0.464 e. The Morgan fingerprint density at radius 2 is 1.54 bits per heavy atom. The Morgan fingerprint density at radius 1 is 0.943 bits per heavy atom. The second-order valence-corrected chi connectivity index (χ2v) is 7.94. The number of nitrogens with zero attached hydrogens (tertiary/aromatic N) is 1. The number of hydrogen-bond acceptors (Lipinski definition) is 9. The van der Waals surface area contributed by atoms with Crippen LogP contribution in [0.2, 0.25) is 0 Å². The molecule has 11 nitrogen and oxygen atoms in total. The van der Waals surface area contributed by atoms with Crippen molar-refractivity contribution in [3.05, 3.63) is 35.9 Å². The van der Waals surface area contributed by atoms with Crippen molar-refractivity contribution in [1.29, 1.82) is 0 Å². The van der Waals surface area contributed by atoms with E-state index in [1.165, 1.54) is 0 Å². The van der Waals surface area contributed by atoms with Crippen LogP contribution in [0.3, 0.4) is 0 Å². The Labute approximate surface area is 203 Å². The van der Waals surface area contributed by atoms with Gasteiger partial charge in [-0.1, -0.05) is 44.2 Å². The number of carbonyl (C=O) groups is 6. The summed E-state index contributed by atoms with van der Waals surface area (Å²) in [6.07, 6.45) is 0.271. The third kappa shape index (κ3) is 8.84. The van der Waals surface area contributed by atoms with E-state index >= 15 is 0 Å². The van der Waals surface area contributed by atoms with Gasteiger partial charge in [-0.3, -0.25) is 34.2 Å². The van der Waals surface area contributed by atoms with Crippen LogP contribution in [0.15, 0.2) is 30.3 Å². The van der Waals surface area contributed by atoms with Crippen LogP contribution in [0.25, 0.3) is 0 Å². The predicted octanol–water partition coefficient (Wildman–Crippen LogP) is 1.38. The number of benzene rings is 1. The molecule has 0 radical (unpaired) electrons. The molecule has 1 saturated heterocycles. The molecule has 1 fully saturated rings. The Morgan fingerprint density at radius 3 is 2.17 bits per heavy atom. The topological polar surface area (TPSA) is 145 Å². The Hall–Kier alpha value is -3.76. The molecule has 1 N–H and O–H groups in total. The maximum atomic E-state index is 12.7. The van der Waals surface area contributed by atoms with E-state index in [1.54, 1.807) is 31.2 Å². The second kappa shape index (κ2) is 13.8. The molecule has 1 heterocycles. The zero-order valence-corrected chi connectivity index (χ0v) is 19.8. The number of hydrogen-bond donors (Lipinski definition) is 1. The summed E-state index contributed by atoms with van der Waals surface area (Å²) in [5.74, 6) is -4.39. The number of ether oxygens (including phenoxy) is 3. The van der Waals surface area contributed by atoms with Gasteiger partial charge in [-0.05, 0) is 18.4 Å². The minimum absolute atomic E-state index is 0.0704. The van der Waals surface area contributed by atoms with Crippen molar-refractivity contribution >= 4 is 35.8 Å². The number of rotatable bonds is 13. The van der Waals surface area contributed by atoms with Gasteiger partial charge in [0.05, 0.1) is 25.3 Å². The van der Waals surface area contributed by atoms with Crippen molar-refractivity contribution in [3.63, 3.8) is 0 Å². The van der Waals surface area contributed by atoms with E-state index < -0.39 is 35.7 Å². The summed E-state index contributed by atoms with van der Waals surface area (Å²) in [5.41, 5.74) is 0.766. The quantitative estimate of drug-likeness (QED) is 0.187. The average molecular weight is 491 g/mol. The maximum Gasteiger partial charge on any atom is 0.330 e. The summed E-state index contributed by atoms with van der Waals surface area (Å²) in [7, 11) is 0. The van der Waals surface area contributed by atoms with E-state index in [-0.39, 0.29) is 57.5 Å². The van der Waals surface area contributed by atoms with Gasteiger partial charge in [0.1, 0.15) is 25.7 Å². The van der Waals surface area contributed by atoms with Crippen LogP contribution < -0.4 is 5.32 Å². The van der Waals surface area contributed by atoms with E-state index in [0.29, 0.717) is 6.42 Å². The summed E-state index contributed by atoms with van der Waals surface area (Å²) in [6, 6.07) is 8.03. The fraction of sp³-hybridized carbons (Fsp3) is 0.500. The summed E-state index contributed by atoms with van der Waals surface area (Å²) in [6.45, 7) is 2.88. The molecular weight excluding hydrogens is 460 g/mol. The van der Waals surface area contributed by atoms with Crippen LogP contribution in [0.1, 0.15) is 38.7 Å². The van der Waals surface area contributed by atoms with Gasteiger partial charge in [0.2, 0.25) is 11.8 Å². The van der Waals surface area contributed by atoms with Crippen molar-refractivity contribution in [3.8, 4) is 0 Å². The molecule has 35 heavy (non-hydrogen) atoms. The SMILES string of the molecule is CCC(C)C(=O)OCCOC(=O)CCC(=O)OCCN1C(=O)NC(=O)C(Cc2ccccc2)C1=O. The Kier molecular flexibility index (Phi) is 10.9. The first-order valence-corrected chi connectivity index (χ1v) is 11.4. The van der Waals surface area contributed by atoms with E-state index in [1.807, 2.05) is 13.0 Å². The molecular formula is C24H30N2O9. The average Bonchev–Trinajstić information content (AvgIpc) is 2.85. The highest BCUT2D eigenvalue weighted by Gasteiger charge is 2.40. The standard InChI is InChI=1S/C24H30N2O9/c1-3-16(2)23(31)35-14-13-34-20(28)10-9-19(27)33-12-11-26-22(30)18(21(29)25-24(26)32)15-17-7-5-4-6-8-17/h4-8,16,18H,3,9-15H2,1-2H3,(H,25,29,32). The van der Waals surface area contributed by atoms with Crippen LogP contribution in [-0.2, 0) is 44.6 Å². The molecule has 1 aromatic rings. The summed E-state index contributed by atoms with van der Waals surface area (Å²) in [4.78, 5) is 72.8. The van der Waals surface area contributed by atoms with Gasteiger partial charge in [0, 0.05) is 0 Å². The van der Waals surface area contributed by atoms with Gasteiger partial charge in [-0.2, -0.15) is 0 Å². The smallest absolute Gasteiger partial charge is 0.330 e. The molecule has 11 heteroatoms. The first-order chi connectivity index (χ1) is 16.7. The number of nitrogens with one attached hydrogen (secondary N) is 1. The highest BCUT2D eigenvalue weighted by molar-refractivity contribution is 6.16. The van der Waals surface area contributed by atoms with Gasteiger partial charge in [0.25, 0.3) is 0 Å². The van der Waals surface area contributed by atoms with Gasteiger partial charge in [-0.15, -0.1) is 0 Å². The fourth-order valence-corrected chi connectivity index (χ4v) is 3.11. The van der Waals surface area contributed by atoms with Crippen molar-refractivity contribution in [1.82, 2.24) is 10.2 Å². The molecule has 2 atom stereocenters. The molecule has 1 aromatic carbocycles. The summed E-state index contributed by atoms with van der Waals surface area (Å²) < 4.78 is 14.8. The first kappa shape index (κ1) is 27.5. The highest BCUT2D eigenvalue weighted by atomic mass is 16.6. The zero-order valence-electron chi connectivity index (χ0n) is 19.8. The predicted molar refractivity (Wildman–Crippen MR) is 120 cm³/mol. The molecule has 0 saturated carbocycles. The third-order valence-electron chi connectivity index (χ3n) is 5.36. The fourth-order valence-electron chi connectivity index (χ4n) is 3.11. The van der Waals surface area contributed by atoms with E-state index in [0.717, 1.165) is 10.5 Å². The molecule has 1 aliphatic heterocycles. The van der Waals surface area contributed by atoms with Crippen molar-refractivity contribution in [2.75, 3.05) is 26.4 Å². The molecule has 4 amide bonds. The zero-order chi connectivity index (χ0) is 25.8. The number of amides is 4. The van der Waals surface area contributed by atoms with Gasteiger partial charge in [-0.25, -0.2) is 4.79 Å². The lowest BCUT2D eigenvalue weighted by molar-refractivity contribution is -0.156. The molecule has 1 aliphatic rings. The molecule has 0 bridgehead atoms. The number of urea groups is 1. The number of esters is 3. The van der Waals surface area contributed by atoms with E-state index in [2.05, 4.69) is 5.32 Å². The molecule has 0 aliphatic carbocycles. The van der Waals surface area contributed by atoms with Crippen LogP contribution in [0.5, 0.6) is 0 Å². The van der Waals surface area contributed by atoms with Gasteiger partial charge >= 0.3 is 23.9 Å². The lowest BCUT2D eigenvalue weighted by atomic mass is 9.95. The monoisotopic (exact) mass is 490 g/mol. The van der Waals surface area contributed by atoms with Crippen LogP contribution in [-0.4, -0.2) is 67.0 Å². The minimum Gasteiger partial charge on any atom is -0.464 e. The Balaban J connectivity index is 1.68. The molecule has 0 aromatic heterocycles. The second-order valence-electron chi connectivity index (χ2n) is 7.94. The van der Waals surface area contributed by atoms with Crippen molar-refractivity contribution in [2.45, 2.75) is 39.5 Å². The maximum absolute atomic E-state index is 12.7. The number of imide groups is 2. The van der Waals surface area contributed by atoms with E-state index in [4.69, 9.17) is 14.2 Å². The molecule has 0 spiro atoms. The molecule has 190 valence electrons. The summed E-state index contributed by atoms with van der Waals surface area (Å²) >= 11 is 0. The van der Waals surface area contributed by atoms with Crippen molar-refractivity contribution in [2.24, 2.45) is 11.8 Å². The highest BCUT2D eigenvalue weighted by Crippen LogP contribution is 2.16. The lowest BCUT2D eigenvalue weighted by Gasteiger charge is -2.30. The Bertz CT molecular complexity index is 932. The van der Waals surface area contributed by atoms with Gasteiger partial charge < -0.3 is 14.2 Å². The normalized spacial score (nSPS) is 16.3. The van der Waals surface area contributed by atoms with Crippen LogP contribution in [0, 0.1) is 11.8 Å². The van der Waals surface area contributed by atoms with Crippen LogP contribution >= 0.6 is 0 Å². The van der Waals surface area contributed by atoms with Crippen LogP contribution in [0.4, 0.5) is 4.79 Å². The molecule has 2 unspecified atom stereocenters.